The maximum absolute atomic E-state index is 14.2. The smallest absolute Gasteiger partial charge is 0.251 e. The van der Waals surface area contributed by atoms with Crippen LogP contribution in [0.15, 0.2) is 66.7 Å². The number of methoxy groups -OCH3 is 1. The monoisotopic (exact) mass is 773 g/mol. The minimum Gasteiger partial charge on any atom is -0.496 e. The standard InChI is InChI=1S/C44H63N5O7/c1-28-14-12-19-37(29(28)2)45-43(54)40-39(30(3)52)38(25-50)56-49(40)24-32-17-13-18-36(41(32)55-8)33-20-34(22-35(21-33)48(6)7)42(53)46-44(27-51,26-47(4)5)23-31-15-10-9-11-16-31/h9-11,13,15-18,20-22,28-30,37-40,50-52H,12,14,19,23-27H2,1-8H3,(H,45,54)(H,46,53)/t28-,29+,30+,37+,38+,39-,40+,44?/m1/s1. The molecule has 8 atom stereocenters. The summed E-state index contributed by atoms with van der Waals surface area (Å²) >= 11 is 0. The average Bonchev–Trinajstić information content (AvgIpc) is 3.55. The molecule has 1 aliphatic heterocycles. The number of ether oxygens (including phenoxy) is 1. The van der Waals surface area contributed by atoms with Crippen LogP contribution in [0.4, 0.5) is 5.69 Å². The van der Waals surface area contributed by atoms with Gasteiger partial charge in [-0.3, -0.25) is 14.4 Å². The average molecular weight is 774 g/mol. The van der Waals surface area contributed by atoms with Crippen molar-refractivity contribution in [1.82, 2.24) is 20.6 Å². The van der Waals surface area contributed by atoms with E-state index >= 15 is 0 Å². The second-order valence-electron chi connectivity index (χ2n) is 16.5. The summed E-state index contributed by atoms with van der Waals surface area (Å²) in [6, 6.07) is 20.3. The van der Waals surface area contributed by atoms with Crippen LogP contribution < -0.4 is 20.3 Å². The number of nitrogens with zero attached hydrogens (tertiary/aromatic N) is 3. The van der Waals surface area contributed by atoms with Crippen LogP contribution in [0.25, 0.3) is 11.1 Å². The van der Waals surface area contributed by atoms with Crippen LogP contribution >= 0.6 is 0 Å². The molecule has 1 aliphatic carbocycles. The van der Waals surface area contributed by atoms with Gasteiger partial charge in [-0.05, 0) is 75.0 Å². The maximum atomic E-state index is 14.2. The molecule has 12 nitrogen and oxygen atoms in total. The third-order valence-corrected chi connectivity index (χ3v) is 11.7. The molecule has 0 bridgehead atoms. The van der Waals surface area contributed by atoms with Crippen LogP contribution in [0.3, 0.4) is 0 Å². The van der Waals surface area contributed by atoms with Gasteiger partial charge in [0.25, 0.3) is 5.91 Å². The van der Waals surface area contributed by atoms with Crippen LogP contribution in [-0.2, 0) is 22.6 Å². The minimum absolute atomic E-state index is 0.00733. The number of carbonyl (C=O) groups excluding carboxylic acids is 2. The number of amides is 2. The Balaban J connectivity index is 1.49. The highest BCUT2D eigenvalue weighted by Crippen LogP contribution is 2.39. The first-order valence-corrected chi connectivity index (χ1v) is 19.8. The predicted molar refractivity (Wildman–Crippen MR) is 219 cm³/mol. The van der Waals surface area contributed by atoms with E-state index in [4.69, 9.17) is 9.57 Å². The van der Waals surface area contributed by atoms with E-state index in [9.17, 15) is 24.9 Å². The van der Waals surface area contributed by atoms with Crippen molar-refractivity contribution in [3.63, 3.8) is 0 Å². The molecule has 306 valence electrons. The molecule has 1 saturated carbocycles. The first kappa shape index (κ1) is 43.1. The molecule has 0 spiro atoms. The Bertz CT molecular complexity index is 1770. The number of hydrogen-bond donors (Lipinski definition) is 5. The zero-order valence-corrected chi connectivity index (χ0v) is 34.4. The summed E-state index contributed by atoms with van der Waals surface area (Å²) in [5, 5.41) is 40.1. The van der Waals surface area contributed by atoms with Gasteiger partial charge >= 0.3 is 0 Å². The van der Waals surface area contributed by atoms with Gasteiger partial charge in [0.1, 0.15) is 17.9 Å². The van der Waals surface area contributed by atoms with Crippen LogP contribution in [0.2, 0.25) is 0 Å². The zero-order valence-electron chi connectivity index (χ0n) is 34.4. The summed E-state index contributed by atoms with van der Waals surface area (Å²) in [6.45, 7) is 5.96. The topological polar surface area (TPSA) is 147 Å². The highest BCUT2D eigenvalue weighted by Gasteiger charge is 2.50. The normalized spacial score (nSPS) is 24.4. The van der Waals surface area contributed by atoms with E-state index in [0.717, 1.165) is 47.2 Å². The summed E-state index contributed by atoms with van der Waals surface area (Å²) in [7, 11) is 9.24. The second-order valence-corrected chi connectivity index (χ2v) is 16.5. The van der Waals surface area contributed by atoms with E-state index in [-0.39, 0.29) is 37.6 Å². The number of rotatable bonds is 16. The maximum Gasteiger partial charge on any atom is 0.251 e. The van der Waals surface area contributed by atoms with Gasteiger partial charge in [-0.2, -0.15) is 5.06 Å². The quantitative estimate of drug-likeness (QED) is 0.144. The van der Waals surface area contributed by atoms with E-state index in [1.807, 2.05) is 105 Å². The Labute approximate surface area is 332 Å². The third-order valence-electron chi connectivity index (χ3n) is 11.7. The van der Waals surface area contributed by atoms with Gasteiger partial charge in [0, 0.05) is 55.0 Å². The zero-order chi connectivity index (χ0) is 40.7. The van der Waals surface area contributed by atoms with Gasteiger partial charge in [-0.1, -0.05) is 75.2 Å². The van der Waals surface area contributed by atoms with Crippen molar-refractivity contribution in [2.24, 2.45) is 17.8 Å². The number of likely N-dealkylation sites (N-methyl/N-ethyl adjacent to an activating group) is 1. The second kappa shape index (κ2) is 18.9. The molecule has 1 unspecified atom stereocenters. The molecule has 5 rings (SSSR count). The van der Waals surface area contributed by atoms with Crippen molar-refractivity contribution in [1.29, 1.82) is 0 Å². The molecule has 3 aromatic rings. The molecule has 0 radical (unpaired) electrons. The Hall–Kier alpha value is -4.04. The molecule has 56 heavy (non-hydrogen) atoms. The number of para-hydroxylation sites is 1. The molecule has 12 heteroatoms. The lowest BCUT2D eigenvalue weighted by Crippen LogP contribution is -2.58. The van der Waals surface area contributed by atoms with Crippen LogP contribution in [0.1, 0.15) is 61.5 Å². The van der Waals surface area contributed by atoms with Crippen LogP contribution in [0, 0.1) is 17.8 Å². The number of benzene rings is 3. The van der Waals surface area contributed by atoms with E-state index in [1.165, 1.54) is 0 Å². The van der Waals surface area contributed by atoms with Gasteiger partial charge in [0.15, 0.2) is 0 Å². The Morgan fingerprint density at radius 3 is 2.38 bits per heavy atom. The van der Waals surface area contributed by atoms with Gasteiger partial charge in [-0.15, -0.1) is 0 Å². The Morgan fingerprint density at radius 2 is 1.75 bits per heavy atom. The third kappa shape index (κ3) is 9.90. The van der Waals surface area contributed by atoms with E-state index < -0.39 is 29.7 Å². The first-order chi connectivity index (χ1) is 26.7. The lowest BCUT2D eigenvalue weighted by molar-refractivity contribution is -0.182. The Morgan fingerprint density at radius 1 is 1.02 bits per heavy atom. The molecule has 0 aromatic heterocycles. The number of hydrogen-bond acceptors (Lipinski definition) is 10. The van der Waals surface area contributed by atoms with Crippen molar-refractivity contribution in [2.75, 3.05) is 60.0 Å². The first-order valence-electron chi connectivity index (χ1n) is 19.8. The summed E-state index contributed by atoms with van der Waals surface area (Å²) in [5.74, 6) is 0.107. The number of nitrogens with one attached hydrogen (secondary N) is 2. The number of carbonyl (C=O) groups is 2. The van der Waals surface area contributed by atoms with E-state index in [2.05, 4.69) is 24.5 Å². The van der Waals surface area contributed by atoms with Crippen molar-refractivity contribution in [2.45, 2.75) is 82.8 Å². The van der Waals surface area contributed by atoms with Crippen molar-refractivity contribution in [3.05, 3.63) is 83.4 Å². The highest BCUT2D eigenvalue weighted by molar-refractivity contribution is 5.97. The summed E-state index contributed by atoms with van der Waals surface area (Å²) in [5.41, 5.74) is 3.44. The van der Waals surface area contributed by atoms with Crippen LogP contribution in [0.5, 0.6) is 5.75 Å². The van der Waals surface area contributed by atoms with E-state index in [1.54, 1.807) is 19.1 Å². The van der Waals surface area contributed by atoms with E-state index in [0.29, 0.717) is 36.1 Å². The van der Waals surface area contributed by atoms with Gasteiger partial charge < -0.3 is 40.5 Å². The molecule has 3 aromatic carbocycles. The molecule has 2 aliphatic rings. The minimum atomic E-state index is -0.948. The molecule has 2 amide bonds. The van der Waals surface area contributed by atoms with Gasteiger partial charge in [-0.25, -0.2) is 0 Å². The number of hydroxylamine groups is 2. The molecular formula is C44H63N5O7. The fourth-order valence-corrected chi connectivity index (χ4v) is 8.62. The predicted octanol–water partition coefficient (Wildman–Crippen LogP) is 4.11. The molecule has 2 fully saturated rings. The molecule has 1 saturated heterocycles. The van der Waals surface area contributed by atoms with Crippen LogP contribution in [-0.4, -0.2) is 122 Å². The largest absolute Gasteiger partial charge is 0.496 e. The summed E-state index contributed by atoms with van der Waals surface area (Å²) < 4.78 is 6.09. The summed E-state index contributed by atoms with van der Waals surface area (Å²) in [4.78, 5) is 38.5. The SMILES string of the molecule is COc1c(CN2O[C@@H](CO)[C@@H]([C@H](C)O)[C@H]2C(=O)N[C@H]2CCC[C@@H](C)[C@@H]2C)cccc1-c1cc(C(=O)NC(CO)(Cc2ccccc2)CN(C)C)cc(N(C)C)c1. The van der Waals surface area contributed by atoms with Crippen molar-refractivity contribution < 1.29 is 34.5 Å². The number of aliphatic hydroxyl groups excluding tert-OH is 3. The Kier molecular flexibility index (Phi) is 14.6. The lowest BCUT2D eigenvalue weighted by Gasteiger charge is -2.36. The fraction of sp³-hybridized carbons (Fsp3) is 0.545. The highest BCUT2D eigenvalue weighted by atomic mass is 16.7. The molecule has 5 N–H and O–H groups in total. The number of anilines is 1. The van der Waals surface area contributed by atoms with Gasteiger partial charge in [0.05, 0.1) is 38.5 Å². The number of aliphatic hydroxyl groups is 3. The molecule has 1 heterocycles. The van der Waals surface area contributed by atoms with Crippen molar-refractivity contribution in [3.8, 4) is 16.9 Å². The lowest BCUT2D eigenvalue weighted by atomic mass is 9.77. The summed E-state index contributed by atoms with van der Waals surface area (Å²) in [6.07, 6.45) is 1.79. The van der Waals surface area contributed by atoms with Gasteiger partial charge in [0.2, 0.25) is 5.91 Å². The fourth-order valence-electron chi connectivity index (χ4n) is 8.62. The molecular weight excluding hydrogens is 711 g/mol. The van der Waals surface area contributed by atoms with Crippen molar-refractivity contribution >= 4 is 17.5 Å².